The van der Waals surface area contributed by atoms with Gasteiger partial charge in [-0.2, -0.15) is 13.2 Å². The lowest BCUT2D eigenvalue weighted by Gasteiger charge is -2.16. The second-order valence-electron chi connectivity index (χ2n) is 4.34. The van der Waals surface area contributed by atoms with Crippen LogP contribution in [0.15, 0.2) is 0 Å². The Kier molecular flexibility index (Phi) is 7.76. The molecule has 98 valence electrons. The molecule has 2 nitrogen and oxygen atoms in total. The number of hydrogen-bond donors (Lipinski definition) is 1. The maximum Gasteiger partial charge on any atom is 0.414 e. The number of rotatable bonds is 8. The van der Waals surface area contributed by atoms with Crippen LogP contribution in [-0.4, -0.2) is 32.0 Å². The highest BCUT2D eigenvalue weighted by Gasteiger charge is 2.36. The first-order valence-electron chi connectivity index (χ1n) is 5.73. The third-order valence-electron chi connectivity index (χ3n) is 2.24. The Balaban J connectivity index is 3.28. The van der Waals surface area contributed by atoms with Crippen molar-refractivity contribution in [2.24, 2.45) is 5.92 Å². The fourth-order valence-electron chi connectivity index (χ4n) is 1.16. The average Bonchev–Trinajstić information content (AvgIpc) is 2.14. The molecular weight excluding hydrogens is 219 g/mol. The molecule has 0 aliphatic rings. The van der Waals surface area contributed by atoms with E-state index in [1.165, 1.54) is 0 Å². The molecule has 1 N–H and O–H groups in total. The normalized spacial score (nSPS) is 14.4. The molecule has 0 fully saturated rings. The van der Waals surface area contributed by atoms with Gasteiger partial charge in [0.1, 0.15) is 0 Å². The highest BCUT2D eigenvalue weighted by atomic mass is 19.4. The molecule has 1 unspecified atom stereocenters. The third-order valence-corrected chi connectivity index (χ3v) is 2.24. The van der Waals surface area contributed by atoms with Gasteiger partial charge in [0, 0.05) is 6.54 Å². The summed E-state index contributed by atoms with van der Waals surface area (Å²) < 4.78 is 40.7. The Morgan fingerprint density at radius 2 is 1.75 bits per heavy atom. The van der Waals surface area contributed by atoms with Gasteiger partial charge >= 0.3 is 6.18 Å². The van der Waals surface area contributed by atoms with Crippen LogP contribution in [0.25, 0.3) is 0 Å². The molecule has 0 bridgehead atoms. The van der Waals surface area contributed by atoms with Crippen LogP contribution in [-0.2, 0) is 4.74 Å². The van der Waals surface area contributed by atoms with E-state index in [-0.39, 0.29) is 6.61 Å². The van der Waals surface area contributed by atoms with E-state index in [1.54, 1.807) is 0 Å². The molecule has 0 rings (SSSR count). The van der Waals surface area contributed by atoms with Crippen molar-refractivity contribution < 1.29 is 17.9 Å². The molecule has 1 atom stereocenters. The topological polar surface area (TPSA) is 21.3 Å². The number of ether oxygens (including phenoxy) is 1. The molecule has 0 radical (unpaired) electrons. The van der Waals surface area contributed by atoms with Gasteiger partial charge in [-0.15, -0.1) is 0 Å². The molecular formula is C11H22F3NO. The van der Waals surface area contributed by atoms with E-state index in [1.807, 2.05) is 0 Å². The maximum atomic E-state index is 12.0. The monoisotopic (exact) mass is 241 g/mol. The average molecular weight is 241 g/mol. The molecule has 0 amide bonds. The highest BCUT2D eigenvalue weighted by molar-refractivity contribution is 4.61. The zero-order valence-electron chi connectivity index (χ0n) is 10.2. The van der Waals surface area contributed by atoms with Crippen molar-refractivity contribution in [1.82, 2.24) is 5.32 Å². The van der Waals surface area contributed by atoms with Gasteiger partial charge in [-0.3, -0.25) is 0 Å². The summed E-state index contributed by atoms with van der Waals surface area (Å²) in [6.45, 7) is 6.73. The largest absolute Gasteiger partial charge is 0.414 e. The quantitative estimate of drug-likeness (QED) is 0.660. The van der Waals surface area contributed by atoms with Gasteiger partial charge in [-0.05, 0) is 32.2 Å². The first-order chi connectivity index (χ1) is 7.34. The predicted octanol–water partition coefficient (Wildman–Crippen LogP) is 2.98. The summed E-state index contributed by atoms with van der Waals surface area (Å²) in [6, 6.07) is 0. The Morgan fingerprint density at radius 3 is 2.25 bits per heavy atom. The molecule has 0 aliphatic carbocycles. The molecule has 0 saturated heterocycles. The second-order valence-corrected chi connectivity index (χ2v) is 4.34. The van der Waals surface area contributed by atoms with Gasteiger partial charge in [-0.1, -0.05) is 13.8 Å². The van der Waals surface area contributed by atoms with E-state index in [4.69, 9.17) is 0 Å². The zero-order chi connectivity index (χ0) is 12.6. The van der Waals surface area contributed by atoms with Crippen molar-refractivity contribution in [3.8, 4) is 0 Å². The summed E-state index contributed by atoms with van der Waals surface area (Å²) in [5.41, 5.74) is 0. The number of alkyl halides is 3. The molecule has 0 saturated carbocycles. The minimum absolute atomic E-state index is 0.0996. The van der Waals surface area contributed by atoms with Gasteiger partial charge in [0.05, 0.1) is 6.61 Å². The van der Waals surface area contributed by atoms with Crippen LogP contribution < -0.4 is 5.32 Å². The van der Waals surface area contributed by atoms with Crippen molar-refractivity contribution in [3.05, 3.63) is 0 Å². The van der Waals surface area contributed by atoms with Crippen LogP contribution in [0.4, 0.5) is 13.2 Å². The molecule has 5 heteroatoms. The van der Waals surface area contributed by atoms with Gasteiger partial charge < -0.3 is 10.1 Å². The molecule has 0 heterocycles. The van der Waals surface area contributed by atoms with E-state index in [2.05, 4.69) is 23.9 Å². The van der Waals surface area contributed by atoms with Crippen molar-refractivity contribution in [3.63, 3.8) is 0 Å². The number of halogens is 3. The number of hydrogen-bond acceptors (Lipinski definition) is 2. The summed E-state index contributed by atoms with van der Waals surface area (Å²) >= 11 is 0. The summed E-state index contributed by atoms with van der Waals surface area (Å²) in [5.74, 6) is 0.670. The molecule has 0 spiro atoms. The Labute approximate surface area is 95.5 Å². The van der Waals surface area contributed by atoms with Crippen LogP contribution in [0.1, 0.15) is 33.6 Å². The predicted molar refractivity (Wildman–Crippen MR) is 58.4 cm³/mol. The van der Waals surface area contributed by atoms with Crippen LogP contribution in [0, 0.1) is 5.92 Å². The van der Waals surface area contributed by atoms with Crippen molar-refractivity contribution in [2.45, 2.75) is 45.9 Å². The lowest BCUT2D eigenvalue weighted by atomic mass is 10.1. The molecule has 16 heavy (non-hydrogen) atoms. The van der Waals surface area contributed by atoms with Crippen LogP contribution >= 0.6 is 0 Å². The molecule has 0 aromatic rings. The van der Waals surface area contributed by atoms with Crippen molar-refractivity contribution in [2.75, 3.05) is 19.7 Å². The fourth-order valence-corrected chi connectivity index (χ4v) is 1.16. The van der Waals surface area contributed by atoms with Crippen molar-refractivity contribution >= 4 is 0 Å². The molecule has 0 aliphatic heterocycles. The summed E-state index contributed by atoms with van der Waals surface area (Å²) in [7, 11) is 0. The zero-order valence-corrected chi connectivity index (χ0v) is 10.2. The van der Waals surface area contributed by atoms with E-state index >= 15 is 0 Å². The Hall–Kier alpha value is -0.290. The molecule has 0 aromatic carbocycles. The van der Waals surface area contributed by atoms with Gasteiger partial charge in [0.25, 0.3) is 0 Å². The van der Waals surface area contributed by atoms with Gasteiger partial charge in [-0.25, -0.2) is 0 Å². The Morgan fingerprint density at radius 1 is 1.12 bits per heavy atom. The lowest BCUT2D eigenvalue weighted by molar-refractivity contribution is -0.213. The minimum atomic E-state index is -4.25. The maximum absolute atomic E-state index is 12.0. The van der Waals surface area contributed by atoms with E-state index in [0.29, 0.717) is 12.5 Å². The van der Waals surface area contributed by atoms with Crippen LogP contribution in [0.5, 0.6) is 0 Å². The van der Waals surface area contributed by atoms with Gasteiger partial charge in [0.2, 0.25) is 0 Å². The SMILES string of the molecule is CC(C)CCCNCCOC(C)C(F)(F)F. The minimum Gasteiger partial charge on any atom is -0.368 e. The summed E-state index contributed by atoms with van der Waals surface area (Å²) in [4.78, 5) is 0. The summed E-state index contributed by atoms with van der Waals surface area (Å²) in [6.07, 6.45) is -3.75. The van der Waals surface area contributed by atoms with E-state index in [9.17, 15) is 13.2 Å². The van der Waals surface area contributed by atoms with E-state index < -0.39 is 12.3 Å². The van der Waals surface area contributed by atoms with Crippen LogP contribution in [0.3, 0.4) is 0 Å². The van der Waals surface area contributed by atoms with Gasteiger partial charge in [0.15, 0.2) is 6.10 Å². The highest BCUT2D eigenvalue weighted by Crippen LogP contribution is 2.21. The Bertz CT molecular complexity index is 171. The van der Waals surface area contributed by atoms with E-state index in [0.717, 1.165) is 26.3 Å². The second kappa shape index (κ2) is 7.90. The smallest absolute Gasteiger partial charge is 0.368 e. The van der Waals surface area contributed by atoms with Crippen LogP contribution in [0.2, 0.25) is 0 Å². The first kappa shape index (κ1) is 15.7. The fraction of sp³-hybridized carbons (Fsp3) is 1.00. The molecule has 0 aromatic heterocycles. The number of nitrogens with one attached hydrogen (secondary N) is 1. The lowest BCUT2D eigenvalue weighted by Crippen LogP contribution is -2.31. The first-order valence-corrected chi connectivity index (χ1v) is 5.73. The third kappa shape index (κ3) is 8.97. The standard InChI is InChI=1S/C11H22F3NO/c1-9(2)5-4-6-15-7-8-16-10(3)11(12,13)14/h9-10,15H,4-8H2,1-3H3. The summed E-state index contributed by atoms with van der Waals surface area (Å²) in [5, 5.41) is 3.06. The van der Waals surface area contributed by atoms with Crippen molar-refractivity contribution in [1.29, 1.82) is 0 Å².